The summed E-state index contributed by atoms with van der Waals surface area (Å²) in [7, 11) is 0. The van der Waals surface area contributed by atoms with E-state index < -0.39 is 0 Å². The summed E-state index contributed by atoms with van der Waals surface area (Å²) < 4.78 is 0. The topological polar surface area (TPSA) is 0 Å². The Kier molecular flexibility index (Phi) is 3.94. The smallest absolute Gasteiger partial charge is 0.00103 e. The van der Waals surface area contributed by atoms with Gasteiger partial charge in [-0.1, -0.05) is 45.0 Å². The van der Waals surface area contributed by atoms with E-state index in [-0.39, 0.29) is 0 Å². The molecule has 0 fully saturated rings. The molecule has 0 saturated carbocycles. The first-order valence-corrected chi connectivity index (χ1v) is 5.47. The molecule has 0 nitrogen and oxygen atoms in total. The van der Waals surface area contributed by atoms with Crippen LogP contribution < -0.4 is 0 Å². The Hall–Kier alpha value is -1.04. The SMILES string of the molecule is C=CC(C)c1cccc(CC)c1CC. The molecule has 0 saturated heterocycles. The summed E-state index contributed by atoms with van der Waals surface area (Å²) in [6, 6.07) is 6.62. The zero-order chi connectivity index (χ0) is 10.6. The second-order valence-electron chi connectivity index (χ2n) is 3.72. The van der Waals surface area contributed by atoms with Crippen LogP contribution in [-0.4, -0.2) is 0 Å². The standard InChI is InChI=1S/C14H20/c1-5-11(4)14-10-8-9-12(6-2)13(14)7-3/h5,8-11H,1,6-7H2,2-4H3. The fourth-order valence-electron chi connectivity index (χ4n) is 1.97. The van der Waals surface area contributed by atoms with Crippen molar-refractivity contribution >= 4 is 0 Å². The zero-order valence-corrected chi connectivity index (χ0v) is 9.51. The van der Waals surface area contributed by atoms with Crippen molar-refractivity contribution in [1.82, 2.24) is 0 Å². The molecule has 0 radical (unpaired) electrons. The lowest BCUT2D eigenvalue weighted by atomic mass is 9.90. The van der Waals surface area contributed by atoms with Crippen LogP contribution in [0, 0.1) is 0 Å². The first kappa shape index (κ1) is 11.0. The Labute approximate surface area is 87.7 Å². The number of aryl methyl sites for hydroxylation is 1. The van der Waals surface area contributed by atoms with Crippen LogP contribution in [0.1, 0.15) is 43.4 Å². The number of hydrogen-bond donors (Lipinski definition) is 0. The van der Waals surface area contributed by atoms with Crippen molar-refractivity contribution in [3.8, 4) is 0 Å². The highest BCUT2D eigenvalue weighted by molar-refractivity contribution is 5.38. The number of allylic oxidation sites excluding steroid dienone is 1. The van der Waals surface area contributed by atoms with Gasteiger partial charge in [0.25, 0.3) is 0 Å². The van der Waals surface area contributed by atoms with E-state index >= 15 is 0 Å². The van der Waals surface area contributed by atoms with Crippen LogP contribution in [0.5, 0.6) is 0 Å². The Bertz CT molecular complexity index is 310. The molecule has 0 aliphatic heterocycles. The lowest BCUT2D eigenvalue weighted by Crippen LogP contribution is -2.00. The van der Waals surface area contributed by atoms with Gasteiger partial charge >= 0.3 is 0 Å². The van der Waals surface area contributed by atoms with Gasteiger partial charge in [0.05, 0.1) is 0 Å². The van der Waals surface area contributed by atoms with E-state index in [1.807, 2.05) is 6.08 Å². The molecule has 0 N–H and O–H groups in total. The minimum atomic E-state index is 0.469. The molecule has 0 spiro atoms. The summed E-state index contributed by atoms with van der Waals surface area (Å²) in [4.78, 5) is 0. The predicted octanol–water partition coefficient (Wildman–Crippen LogP) is 4.10. The van der Waals surface area contributed by atoms with Crippen LogP contribution in [0.25, 0.3) is 0 Å². The van der Waals surface area contributed by atoms with Crippen molar-refractivity contribution in [2.45, 2.75) is 39.5 Å². The van der Waals surface area contributed by atoms with E-state index in [0.717, 1.165) is 12.8 Å². The number of benzene rings is 1. The van der Waals surface area contributed by atoms with Crippen molar-refractivity contribution in [2.75, 3.05) is 0 Å². The molecule has 14 heavy (non-hydrogen) atoms. The molecular weight excluding hydrogens is 168 g/mol. The van der Waals surface area contributed by atoms with Crippen molar-refractivity contribution in [1.29, 1.82) is 0 Å². The maximum Gasteiger partial charge on any atom is -0.00103 e. The maximum absolute atomic E-state index is 3.87. The van der Waals surface area contributed by atoms with E-state index in [0.29, 0.717) is 5.92 Å². The highest BCUT2D eigenvalue weighted by Gasteiger charge is 2.08. The second kappa shape index (κ2) is 4.99. The van der Waals surface area contributed by atoms with Crippen molar-refractivity contribution < 1.29 is 0 Å². The third-order valence-electron chi connectivity index (χ3n) is 2.89. The first-order chi connectivity index (χ1) is 6.74. The van der Waals surface area contributed by atoms with E-state index in [1.54, 1.807) is 0 Å². The quantitative estimate of drug-likeness (QED) is 0.624. The van der Waals surface area contributed by atoms with Crippen LogP contribution in [0.4, 0.5) is 0 Å². The summed E-state index contributed by atoms with van der Waals surface area (Å²) in [6.07, 6.45) is 4.27. The molecular formula is C14H20. The Balaban J connectivity index is 3.21. The van der Waals surface area contributed by atoms with Gasteiger partial charge in [0.2, 0.25) is 0 Å². The molecule has 0 heterocycles. The lowest BCUT2D eigenvalue weighted by Gasteiger charge is -2.15. The number of rotatable bonds is 4. The summed E-state index contributed by atoms with van der Waals surface area (Å²) in [5.41, 5.74) is 4.45. The van der Waals surface area contributed by atoms with Gasteiger partial charge in [0, 0.05) is 0 Å². The lowest BCUT2D eigenvalue weighted by molar-refractivity contribution is 0.910. The van der Waals surface area contributed by atoms with Crippen LogP contribution in [-0.2, 0) is 12.8 Å². The molecule has 0 heteroatoms. The van der Waals surface area contributed by atoms with Crippen LogP contribution in [0.15, 0.2) is 30.9 Å². The van der Waals surface area contributed by atoms with Gasteiger partial charge in [0.1, 0.15) is 0 Å². The van der Waals surface area contributed by atoms with Crippen molar-refractivity contribution in [3.63, 3.8) is 0 Å². The summed E-state index contributed by atoms with van der Waals surface area (Å²) >= 11 is 0. The minimum Gasteiger partial charge on any atom is -0.102 e. The van der Waals surface area contributed by atoms with Crippen LogP contribution in [0.2, 0.25) is 0 Å². The summed E-state index contributed by atoms with van der Waals surface area (Å²) in [6.45, 7) is 10.5. The summed E-state index contributed by atoms with van der Waals surface area (Å²) in [5, 5.41) is 0. The molecule has 1 aromatic carbocycles. The maximum atomic E-state index is 3.87. The van der Waals surface area contributed by atoms with Gasteiger partial charge < -0.3 is 0 Å². The molecule has 0 amide bonds. The Morgan fingerprint density at radius 1 is 1.29 bits per heavy atom. The Morgan fingerprint density at radius 2 is 2.00 bits per heavy atom. The van der Waals surface area contributed by atoms with E-state index in [4.69, 9.17) is 0 Å². The Morgan fingerprint density at radius 3 is 2.50 bits per heavy atom. The first-order valence-electron chi connectivity index (χ1n) is 5.47. The highest BCUT2D eigenvalue weighted by Crippen LogP contribution is 2.24. The molecule has 1 rings (SSSR count). The average Bonchev–Trinajstić information content (AvgIpc) is 2.26. The molecule has 1 unspecified atom stereocenters. The highest BCUT2D eigenvalue weighted by atomic mass is 14.1. The summed E-state index contributed by atoms with van der Waals surface area (Å²) in [5.74, 6) is 0.469. The largest absolute Gasteiger partial charge is 0.102 e. The second-order valence-corrected chi connectivity index (χ2v) is 3.72. The average molecular weight is 188 g/mol. The van der Waals surface area contributed by atoms with E-state index in [9.17, 15) is 0 Å². The van der Waals surface area contributed by atoms with Gasteiger partial charge in [-0.05, 0) is 35.4 Å². The van der Waals surface area contributed by atoms with Crippen molar-refractivity contribution in [3.05, 3.63) is 47.5 Å². The molecule has 0 bridgehead atoms. The molecule has 1 atom stereocenters. The number of hydrogen-bond acceptors (Lipinski definition) is 0. The third kappa shape index (κ3) is 2.06. The third-order valence-corrected chi connectivity index (χ3v) is 2.89. The fraction of sp³-hybridized carbons (Fsp3) is 0.429. The normalized spacial score (nSPS) is 12.5. The minimum absolute atomic E-state index is 0.469. The van der Waals surface area contributed by atoms with E-state index in [2.05, 4.69) is 45.5 Å². The van der Waals surface area contributed by atoms with Crippen molar-refractivity contribution in [2.24, 2.45) is 0 Å². The molecule has 76 valence electrons. The monoisotopic (exact) mass is 188 g/mol. The van der Waals surface area contributed by atoms with Gasteiger partial charge in [-0.3, -0.25) is 0 Å². The van der Waals surface area contributed by atoms with Gasteiger partial charge in [-0.15, -0.1) is 6.58 Å². The molecule has 0 aromatic heterocycles. The zero-order valence-electron chi connectivity index (χ0n) is 9.51. The van der Waals surface area contributed by atoms with Gasteiger partial charge in [-0.2, -0.15) is 0 Å². The molecule has 0 aliphatic carbocycles. The predicted molar refractivity (Wildman–Crippen MR) is 63.8 cm³/mol. The molecule has 1 aromatic rings. The van der Waals surface area contributed by atoms with Crippen LogP contribution in [0.3, 0.4) is 0 Å². The fourth-order valence-corrected chi connectivity index (χ4v) is 1.97. The van der Waals surface area contributed by atoms with Crippen LogP contribution >= 0.6 is 0 Å². The van der Waals surface area contributed by atoms with Gasteiger partial charge in [-0.25, -0.2) is 0 Å². The van der Waals surface area contributed by atoms with Gasteiger partial charge in [0.15, 0.2) is 0 Å². The van der Waals surface area contributed by atoms with E-state index in [1.165, 1.54) is 16.7 Å². The molecule has 0 aliphatic rings.